The number of amides is 2. The third kappa shape index (κ3) is 2.94. The molecule has 2 aliphatic heterocycles. The number of aromatic nitrogens is 2. The van der Waals surface area contributed by atoms with E-state index in [1.807, 2.05) is 26.7 Å². The van der Waals surface area contributed by atoms with Crippen molar-refractivity contribution in [2.45, 2.75) is 38.4 Å². The van der Waals surface area contributed by atoms with Crippen molar-refractivity contribution in [3.63, 3.8) is 0 Å². The number of nitrogens with zero attached hydrogens (tertiary/aromatic N) is 4. The van der Waals surface area contributed by atoms with Crippen molar-refractivity contribution in [2.24, 2.45) is 5.92 Å². The van der Waals surface area contributed by atoms with Crippen LogP contribution in [0.5, 0.6) is 0 Å². The van der Waals surface area contributed by atoms with Gasteiger partial charge in [0, 0.05) is 38.4 Å². The van der Waals surface area contributed by atoms with Crippen molar-refractivity contribution >= 4 is 11.8 Å². The maximum Gasteiger partial charge on any atom is 0.289 e. The molecule has 132 valence electrons. The van der Waals surface area contributed by atoms with E-state index in [2.05, 4.69) is 5.10 Å². The fourth-order valence-corrected chi connectivity index (χ4v) is 4.37. The highest BCUT2D eigenvalue weighted by molar-refractivity contribution is 5.91. The van der Waals surface area contributed by atoms with Gasteiger partial charge < -0.3 is 14.2 Å². The Labute approximate surface area is 146 Å². The van der Waals surface area contributed by atoms with Crippen molar-refractivity contribution < 1.29 is 14.0 Å². The van der Waals surface area contributed by atoms with Crippen LogP contribution in [-0.4, -0.2) is 56.6 Å². The number of carbonyl (C=O) groups is 2. The number of furan rings is 1. The maximum absolute atomic E-state index is 12.5. The Morgan fingerprint density at radius 2 is 2.24 bits per heavy atom. The molecule has 0 N–H and O–H groups in total. The van der Waals surface area contributed by atoms with Crippen molar-refractivity contribution in [3.8, 4) is 0 Å². The quantitative estimate of drug-likeness (QED) is 0.850. The van der Waals surface area contributed by atoms with Gasteiger partial charge in [-0.2, -0.15) is 5.10 Å². The number of likely N-dealkylation sites (tertiary alicyclic amines) is 2. The Hall–Kier alpha value is -2.57. The molecule has 7 heteroatoms. The predicted molar refractivity (Wildman–Crippen MR) is 89.7 cm³/mol. The summed E-state index contributed by atoms with van der Waals surface area (Å²) in [6.07, 6.45) is 6.91. The standard InChI is InChI=1S/C18H22N4O3/c1-13(23)22-15(12-21-7-3-6-19-21)10-14-11-20(8-5-16(14)22)18(24)17-4-2-9-25-17/h2-4,6-7,9,14-16H,5,8,10-12H2,1H3/t14-,15?,16+/m0/s1. The third-order valence-corrected chi connectivity index (χ3v) is 5.36. The summed E-state index contributed by atoms with van der Waals surface area (Å²) in [5.74, 6) is 0.730. The first-order chi connectivity index (χ1) is 12.1. The Balaban J connectivity index is 1.49. The summed E-state index contributed by atoms with van der Waals surface area (Å²) >= 11 is 0. The van der Waals surface area contributed by atoms with E-state index in [-0.39, 0.29) is 23.9 Å². The number of rotatable bonds is 3. The monoisotopic (exact) mass is 342 g/mol. The normalized spacial score (nSPS) is 25.9. The molecule has 0 aliphatic carbocycles. The molecule has 0 radical (unpaired) electrons. The molecule has 25 heavy (non-hydrogen) atoms. The van der Waals surface area contributed by atoms with E-state index in [1.54, 1.807) is 25.3 Å². The minimum Gasteiger partial charge on any atom is -0.459 e. The largest absolute Gasteiger partial charge is 0.459 e. The Bertz CT molecular complexity index is 740. The lowest BCUT2D eigenvalue weighted by molar-refractivity contribution is -0.132. The molecule has 0 saturated carbocycles. The van der Waals surface area contributed by atoms with E-state index in [4.69, 9.17) is 4.42 Å². The highest BCUT2D eigenvalue weighted by Crippen LogP contribution is 2.36. The van der Waals surface area contributed by atoms with Gasteiger partial charge in [-0.1, -0.05) is 0 Å². The van der Waals surface area contributed by atoms with Gasteiger partial charge in [0.2, 0.25) is 5.91 Å². The molecular formula is C18H22N4O3. The molecule has 0 aromatic carbocycles. The van der Waals surface area contributed by atoms with Gasteiger partial charge in [-0.15, -0.1) is 0 Å². The first-order valence-electron chi connectivity index (χ1n) is 8.72. The average Bonchev–Trinajstić information content (AvgIpc) is 3.34. The van der Waals surface area contributed by atoms with E-state index in [1.165, 1.54) is 6.26 Å². The van der Waals surface area contributed by atoms with Gasteiger partial charge in [0.25, 0.3) is 5.91 Å². The molecule has 1 unspecified atom stereocenters. The Kier molecular flexibility index (Phi) is 4.07. The molecule has 2 saturated heterocycles. The van der Waals surface area contributed by atoms with E-state index < -0.39 is 0 Å². The summed E-state index contributed by atoms with van der Waals surface area (Å²) < 4.78 is 7.12. The molecule has 7 nitrogen and oxygen atoms in total. The van der Waals surface area contributed by atoms with Gasteiger partial charge >= 0.3 is 0 Å². The summed E-state index contributed by atoms with van der Waals surface area (Å²) in [6, 6.07) is 5.66. The highest BCUT2D eigenvalue weighted by Gasteiger charge is 2.46. The second-order valence-corrected chi connectivity index (χ2v) is 6.89. The molecule has 4 rings (SSSR count). The van der Waals surface area contributed by atoms with E-state index in [0.717, 1.165) is 12.8 Å². The lowest BCUT2D eigenvalue weighted by Crippen LogP contribution is -2.50. The van der Waals surface area contributed by atoms with Crippen molar-refractivity contribution in [2.75, 3.05) is 13.1 Å². The topological polar surface area (TPSA) is 71.6 Å². The maximum atomic E-state index is 12.5. The molecule has 0 bridgehead atoms. The summed E-state index contributed by atoms with van der Waals surface area (Å²) in [5.41, 5.74) is 0. The Morgan fingerprint density at radius 3 is 2.92 bits per heavy atom. The molecular weight excluding hydrogens is 320 g/mol. The van der Waals surface area contributed by atoms with Crippen molar-refractivity contribution in [1.82, 2.24) is 19.6 Å². The van der Waals surface area contributed by atoms with Crippen LogP contribution in [-0.2, 0) is 11.3 Å². The van der Waals surface area contributed by atoms with Gasteiger partial charge in [-0.3, -0.25) is 14.3 Å². The zero-order chi connectivity index (χ0) is 17.4. The number of fused-ring (bicyclic) bond motifs is 1. The van der Waals surface area contributed by atoms with Crippen LogP contribution in [0.1, 0.15) is 30.3 Å². The molecule has 2 aliphatic rings. The minimum absolute atomic E-state index is 0.0617. The van der Waals surface area contributed by atoms with Crippen LogP contribution in [0.2, 0.25) is 0 Å². The van der Waals surface area contributed by atoms with Gasteiger partial charge in [0.1, 0.15) is 0 Å². The van der Waals surface area contributed by atoms with Crippen LogP contribution >= 0.6 is 0 Å². The van der Waals surface area contributed by atoms with Crippen LogP contribution in [0.4, 0.5) is 0 Å². The first-order valence-corrected chi connectivity index (χ1v) is 8.72. The molecule has 4 heterocycles. The zero-order valence-corrected chi connectivity index (χ0v) is 14.2. The van der Waals surface area contributed by atoms with Crippen LogP contribution in [0, 0.1) is 5.92 Å². The second kappa shape index (κ2) is 6.38. The lowest BCUT2D eigenvalue weighted by Gasteiger charge is -2.38. The Morgan fingerprint density at radius 1 is 1.36 bits per heavy atom. The summed E-state index contributed by atoms with van der Waals surface area (Å²) in [4.78, 5) is 28.7. The number of piperidine rings is 1. The molecule has 2 aromatic rings. The predicted octanol–water partition coefficient (Wildman–Crippen LogP) is 1.63. The SMILES string of the molecule is CC(=O)N1C(Cn2cccn2)C[C@H]2CN(C(=O)c3ccco3)CC[C@H]21. The minimum atomic E-state index is -0.0617. The summed E-state index contributed by atoms with van der Waals surface area (Å²) in [6.45, 7) is 3.66. The third-order valence-electron chi connectivity index (χ3n) is 5.36. The van der Waals surface area contributed by atoms with Gasteiger partial charge in [-0.05, 0) is 37.0 Å². The van der Waals surface area contributed by atoms with E-state index >= 15 is 0 Å². The highest BCUT2D eigenvalue weighted by atomic mass is 16.3. The number of carbonyl (C=O) groups excluding carboxylic acids is 2. The van der Waals surface area contributed by atoms with Gasteiger partial charge in [-0.25, -0.2) is 0 Å². The number of hydrogen-bond donors (Lipinski definition) is 0. The lowest BCUT2D eigenvalue weighted by atomic mass is 9.92. The fourth-order valence-electron chi connectivity index (χ4n) is 4.37. The second-order valence-electron chi connectivity index (χ2n) is 6.89. The van der Waals surface area contributed by atoms with Crippen LogP contribution in [0.15, 0.2) is 41.3 Å². The average molecular weight is 342 g/mol. The zero-order valence-electron chi connectivity index (χ0n) is 14.2. The fraction of sp³-hybridized carbons (Fsp3) is 0.500. The van der Waals surface area contributed by atoms with Crippen LogP contribution in [0.25, 0.3) is 0 Å². The van der Waals surface area contributed by atoms with E-state index in [9.17, 15) is 9.59 Å². The summed E-state index contributed by atoms with van der Waals surface area (Å²) in [7, 11) is 0. The smallest absolute Gasteiger partial charge is 0.289 e. The van der Waals surface area contributed by atoms with Crippen molar-refractivity contribution in [1.29, 1.82) is 0 Å². The molecule has 0 spiro atoms. The van der Waals surface area contributed by atoms with Gasteiger partial charge in [0.05, 0.1) is 18.8 Å². The molecule has 2 amide bonds. The van der Waals surface area contributed by atoms with Crippen LogP contribution in [0.3, 0.4) is 0 Å². The first kappa shape index (κ1) is 15.9. The molecule has 2 fully saturated rings. The van der Waals surface area contributed by atoms with Gasteiger partial charge in [0.15, 0.2) is 5.76 Å². The van der Waals surface area contributed by atoms with Crippen molar-refractivity contribution in [3.05, 3.63) is 42.6 Å². The molecule has 3 atom stereocenters. The van der Waals surface area contributed by atoms with E-state index in [0.29, 0.717) is 31.3 Å². The molecule has 2 aromatic heterocycles. The van der Waals surface area contributed by atoms with Crippen LogP contribution < -0.4 is 0 Å². The summed E-state index contributed by atoms with van der Waals surface area (Å²) in [5, 5.41) is 4.27. The number of hydrogen-bond acceptors (Lipinski definition) is 4.